The number of rotatable bonds is 6. The van der Waals surface area contributed by atoms with Crippen molar-refractivity contribution in [1.29, 1.82) is 0 Å². The third-order valence-electron chi connectivity index (χ3n) is 3.92. The standard InChI is InChI=1S/C20H20F3NO3/c1-24(13-14-4-8-16(9-5-14)20(21,22)23)19(25)11-7-15-6-10-17(26-2)12-18(15)27-3/h4-12H,13H2,1-3H3/b11-7+. The fraction of sp³-hybridized carbons (Fsp3) is 0.250. The number of likely N-dealkylation sites (N-methyl/N-ethyl adjacent to an activating group) is 1. The van der Waals surface area contributed by atoms with Crippen LogP contribution >= 0.6 is 0 Å². The van der Waals surface area contributed by atoms with Crippen molar-refractivity contribution >= 4 is 12.0 Å². The molecule has 27 heavy (non-hydrogen) atoms. The maximum atomic E-state index is 12.6. The van der Waals surface area contributed by atoms with Gasteiger partial charge in [0.25, 0.3) is 0 Å². The zero-order valence-corrected chi connectivity index (χ0v) is 15.2. The van der Waals surface area contributed by atoms with Gasteiger partial charge >= 0.3 is 6.18 Å². The number of nitrogens with zero attached hydrogens (tertiary/aromatic N) is 1. The normalized spacial score (nSPS) is 11.5. The lowest BCUT2D eigenvalue weighted by Crippen LogP contribution is -2.24. The average Bonchev–Trinajstić information content (AvgIpc) is 2.65. The van der Waals surface area contributed by atoms with E-state index in [1.54, 1.807) is 38.4 Å². The van der Waals surface area contributed by atoms with Crippen LogP contribution in [0.5, 0.6) is 11.5 Å². The first-order valence-electron chi connectivity index (χ1n) is 8.06. The summed E-state index contributed by atoms with van der Waals surface area (Å²) in [6.07, 6.45) is -1.38. The molecular formula is C20H20F3NO3. The fourth-order valence-electron chi connectivity index (χ4n) is 2.40. The molecule has 0 bridgehead atoms. The van der Waals surface area contributed by atoms with E-state index < -0.39 is 11.7 Å². The molecule has 0 fully saturated rings. The lowest BCUT2D eigenvalue weighted by Gasteiger charge is -2.16. The van der Waals surface area contributed by atoms with Gasteiger partial charge in [-0.2, -0.15) is 13.2 Å². The van der Waals surface area contributed by atoms with Gasteiger partial charge in [0.2, 0.25) is 5.91 Å². The fourth-order valence-corrected chi connectivity index (χ4v) is 2.40. The lowest BCUT2D eigenvalue weighted by atomic mass is 10.1. The second-order valence-electron chi connectivity index (χ2n) is 5.83. The molecule has 0 saturated carbocycles. The number of carbonyl (C=O) groups is 1. The molecule has 0 aliphatic rings. The van der Waals surface area contributed by atoms with Crippen molar-refractivity contribution in [3.05, 3.63) is 65.2 Å². The predicted octanol–water partition coefficient (Wildman–Crippen LogP) is 4.39. The first kappa shape index (κ1) is 20.4. The third kappa shape index (κ3) is 5.51. The van der Waals surface area contributed by atoms with Gasteiger partial charge in [0, 0.05) is 31.3 Å². The molecule has 0 radical (unpaired) electrons. The van der Waals surface area contributed by atoms with E-state index in [0.717, 1.165) is 12.1 Å². The maximum absolute atomic E-state index is 12.6. The minimum atomic E-state index is -4.37. The number of hydrogen-bond donors (Lipinski definition) is 0. The van der Waals surface area contributed by atoms with Gasteiger partial charge in [-0.3, -0.25) is 4.79 Å². The maximum Gasteiger partial charge on any atom is 0.416 e. The van der Waals surface area contributed by atoms with Crippen LogP contribution in [0, 0.1) is 0 Å². The van der Waals surface area contributed by atoms with E-state index in [-0.39, 0.29) is 12.5 Å². The minimum absolute atomic E-state index is 0.195. The summed E-state index contributed by atoms with van der Waals surface area (Å²) in [5, 5.41) is 0. The van der Waals surface area contributed by atoms with Gasteiger partial charge in [0.1, 0.15) is 11.5 Å². The zero-order chi connectivity index (χ0) is 20.0. The number of amides is 1. The first-order chi connectivity index (χ1) is 12.7. The number of benzene rings is 2. The largest absolute Gasteiger partial charge is 0.497 e. The molecule has 0 spiro atoms. The molecular weight excluding hydrogens is 359 g/mol. The van der Waals surface area contributed by atoms with Crippen molar-refractivity contribution in [3.8, 4) is 11.5 Å². The Balaban J connectivity index is 2.04. The molecule has 2 aromatic rings. The summed E-state index contributed by atoms with van der Waals surface area (Å²) in [4.78, 5) is 13.7. The van der Waals surface area contributed by atoms with Crippen molar-refractivity contribution in [1.82, 2.24) is 4.90 Å². The van der Waals surface area contributed by atoms with E-state index >= 15 is 0 Å². The number of ether oxygens (including phenoxy) is 2. The Morgan fingerprint density at radius 2 is 1.74 bits per heavy atom. The molecule has 0 aliphatic heterocycles. The Morgan fingerprint density at radius 3 is 2.30 bits per heavy atom. The Labute approximate surface area is 155 Å². The summed E-state index contributed by atoms with van der Waals surface area (Å²) < 4.78 is 48.2. The smallest absolute Gasteiger partial charge is 0.416 e. The highest BCUT2D eigenvalue weighted by Crippen LogP contribution is 2.29. The Bertz CT molecular complexity index is 814. The van der Waals surface area contributed by atoms with E-state index in [9.17, 15) is 18.0 Å². The number of halogens is 3. The van der Waals surface area contributed by atoms with Crippen LogP contribution < -0.4 is 9.47 Å². The van der Waals surface area contributed by atoms with Crippen molar-refractivity contribution in [2.75, 3.05) is 21.3 Å². The van der Waals surface area contributed by atoms with Crippen molar-refractivity contribution in [2.45, 2.75) is 12.7 Å². The Hall–Kier alpha value is -2.96. The van der Waals surface area contributed by atoms with Gasteiger partial charge in [-0.1, -0.05) is 12.1 Å². The second-order valence-corrected chi connectivity index (χ2v) is 5.83. The van der Waals surface area contributed by atoms with Crippen molar-refractivity contribution in [2.24, 2.45) is 0 Å². The van der Waals surface area contributed by atoms with E-state index in [4.69, 9.17) is 9.47 Å². The molecule has 0 unspecified atom stereocenters. The molecule has 2 rings (SSSR count). The van der Waals surface area contributed by atoms with Gasteiger partial charge in [-0.05, 0) is 35.9 Å². The Kier molecular flexibility index (Phi) is 6.50. The molecule has 144 valence electrons. The van der Waals surface area contributed by atoms with Gasteiger partial charge in [-0.25, -0.2) is 0 Å². The van der Waals surface area contributed by atoms with Crippen LogP contribution in [0.15, 0.2) is 48.5 Å². The summed E-state index contributed by atoms with van der Waals surface area (Å²) in [6, 6.07) is 9.95. The van der Waals surface area contributed by atoms with E-state index in [1.807, 2.05) is 0 Å². The monoisotopic (exact) mass is 379 g/mol. The molecule has 0 atom stereocenters. The highest BCUT2D eigenvalue weighted by atomic mass is 19.4. The van der Waals surface area contributed by atoms with Crippen LogP contribution in [-0.4, -0.2) is 32.1 Å². The van der Waals surface area contributed by atoms with E-state index in [2.05, 4.69) is 0 Å². The third-order valence-corrected chi connectivity index (χ3v) is 3.92. The van der Waals surface area contributed by atoms with E-state index in [1.165, 1.54) is 30.2 Å². The topological polar surface area (TPSA) is 38.8 Å². The van der Waals surface area contributed by atoms with Crippen LogP contribution in [0.4, 0.5) is 13.2 Å². The molecule has 0 saturated heterocycles. The summed E-state index contributed by atoms with van der Waals surface area (Å²) in [5.41, 5.74) is 0.593. The number of carbonyl (C=O) groups excluding carboxylic acids is 1. The predicted molar refractivity (Wildman–Crippen MR) is 96.5 cm³/mol. The van der Waals surface area contributed by atoms with Crippen LogP contribution in [-0.2, 0) is 17.5 Å². The quantitative estimate of drug-likeness (QED) is 0.699. The zero-order valence-electron chi connectivity index (χ0n) is 15.2. The van der Waals surface area contributed by atoms with Crippen LogP contribution in [0.3, 0.4) is 0 Å². The number of methoxy groups -OCH3 is 2. The highest BCUT2D eigenvalue weighted by molar-refractivity contribution is 5.92. The van der Waals surface area contributed by atoms with Gasteiger partial charge in [0.05, 0.1) is 19.8 Å². The lowest BCUT2D eigenvalue weighted by molar-refractivity contribution is -0.137. The molecule has 2 aromatic carbocycles. The highest BCUT2D eigenvalue weighted by Gasteiger charge is 2.29. The average molecular weight is 379 g/mol. The molecule has 0 aliphatic carbocycles. The minimum Gasteiger partial charge on any atom is -0.497 e. The summed E-state index contributed by atoms with van der Waals surface area (Å²) in [5.74, 6) is 0.909. The van der Waals surface area contributed by atoms with Gasteiger partial charge in [0.15, 0.2) is 0 Å². The van der Waals surface area contributed by atoms with Crippen LogP contribution in [0.25, 0.3) is 6.08 Å². The molecule has 7 heteroatoms. The number of alkyl halides is 3. The molecule has 0 aromatic heterocycles. The summed E-state index contributed by atoms with van der Waals surface area (Å²) >= 11 is 0. The number of hydrogen-bond acceptors (Lipinski definition) is 3. The van der Waals surface area contributed by atoms with Crippen LogP contribution in [0.2, 0.25) is 0 Å². The molecule has 4 nitrogen and oxygen atoms in total. The second kappa shape index (κ2) is 8.62. The molecule has 0 heterocycles. The van der Waals surface area contributed by atoms with Gasteiger partial charge in [-0.15, -0.1) is 0 Å². The molecule has 1 amide bonds. The van der Waals surface area contributed by atoms with Gasteiger partial charge < -0.3 is 14.4 Å². The van der Waals surface area contributed by atoms with Crippen molar-refractivity contribution in [3.63, 3.8) is 0 Å². The Morgan fingerprint density at radius 1 is 1.07 bits per heavy atom. The SMILES string of the molecule is COc1ccc(/C=C/C(=O)N(C)Cc2ccc(C(F)(F)F)cc2)c(OC)c1. The van der Waals surface area contributed by atoms with Crippen LogP contribution in [0.1, 0.15) is 16.7 Å². The summed E-state index contributed by atoms with van der Waals surface area (Å²) in [6.45, 7) is 0.195. The van der Waals surface area contributed by atoms with E-state index in [0.29, 0.717) is 22.6 Å². The van der Waals surface area contributed by atoms with Crippen molar-refractivity contribution < 1.29 is 27.4 Å². The molecule has 0 N–H and O–H groups in total. The first-order valence-corrected chi connectivity index (χ1v) is 8.06. The summed E-state index contributed by atoms with van der Waals surface area (Å²) in [7, 11) is 4.64.